The molecule has 1 saturated heterocycles. The van der Waals surface area contributed by atoms with E-state index in [1.54, 1.807) is 22.7 Å². The fourth-order valence-corrected chi connectivity index (χ4v) is 2.26. The molecule has 0 saturated carbocycles. The Morgan fingerprint density at radius 3 is 2.58 bits per heavy atom. The summed E-state index contributed by atoms with van der Waals surface area (Å²) in [6, 6.07) is 1.82. The van der Waals surface area contributed by atoms with Crippen molar-refractivity contribution in [3.8, 4) is 0 Å². The van der Waals surface area contributed by atoms with Crippen LogP contribution in [-0.4, -0.2) is 44.8 Å². The number of carbonyl (C=O) groups excluding carboxylic acids is 1. The molecule has 1 aromatic rings. The van der Waals surface area contributed by atoms with Crippen LogP contribution in [0.5, 0.6) is 0 Å². The van der Waals surface area contributed by atoms with Crippen LogP contribution in [-0.2, 0) is 16.1 Å². The number of nitrogens with zero attached hydrogens (tertiary/aromatic N) is 3. The minimum absolute atomic E-state index is 0.0722. The highest BCUT2D eigenvalue weighted by Crippen LogP contribution is 2.31. The summed E-state index contributed by atoms with van der Waals surface area (Å²) in [4.78, 5) is 24.9. The maximum absolute atomic E-state index is 12.0. The van der Waals surface area contributed by atoms with Gasteiger partial charge in [-0.3, -0.25) is 14.3 Å². The monoisotopic (exact) mass is 265 g/mol. The lowest BCUT2D eigenvalue weighted by atomic mass is 9.80. The average Bonchev–Trinajstić information content (AvgIpc) is 2.90. The first-order valence-electron chi connectivity index (χ1n) is 6.50. The number of hydrogen-bond donors (Lipinski definition) is 1. The smallest absolute Gasteiger partial charge is 0.309 e. The Morgan fingerprint density at radius 2 is 2.05 bits per heavy atom. The van der Waals surface area contributed by atoms with Crippen molar-refractivity contribution in [2.45, 2.75) is 32.7 Å². The molecule has 1 aromatic heterocycles. The maximum Gasteiger partial charge on any atom is 0.309 e. The third-order valence-electron chi connectivity index (χ3n) is 3.85. The first kappa shape index (κ1) is 13.6. The minimum Gasteiger partial charge on any atom is -0.481 e. The van der Waals surface area contributed by atoms with Crippen LogP contribution in [0.3, 0.4) is 0 Å². The van der Waals surface area contributed by atoms with Crippen LogP contribution in [0.2, 0.25) is 0 Å². The Hall–Kier alpha value is -1.85. The zero-order valence-corrected chi connectivity index (χ0v) is 11.1. The number of piperidine rings is 1. The molecule has 1 fully saturated rings. The van der Waals surface area contributed by atoms with Crippen LogP contribution >= 0.6 is 0 Å². The van der Waals surface area contributed by atoms with Crippen molar-refractivity contribution in [3.05, 3.63) is 18.5 Å². The molecule has 0 aliphatic carbocycles. The molecular formula is C13H19N3O3. The van der Waals surface area contributed by atoms with Crippen molar-refractivity contribution in [1.82, 2.24) is 14.7 Å². The van der Waals surface area contributed by atoms with E-state index in [1.165, 1.54) is 0 Å². The van der Waals surface area contributed by atoms with Gasteiger partial charge in [0.15, 0.2) is 0 Å². The van der Waals surface area contributed by atoms with E-state index in [9.17, 15) is 9.59 Å². The standard InChI is InChI=1S/C13H19N3O3/c1-13(12(18)19)4-9-15(10-5-13)11(17)3-8-16-7-2-6-14-16/h2,6-7H,3-5,8-10H2,1H3,(H,18,19). The summed E-state index contributed by atoms with van der Waals surface area (Å²) in [5, 5.41) is 13.2. The van der Waals surface area contributed by atoms with E-state index in [1.807, 2.05) is 12.3 Å². The predicted molar refractivity (Wildman–Crippen MR) is 68.4 cm³/mol. The Morgan fingerprint density at radius 1 is 1.37 bits per heavy atom. The molecule has 19 heavy (non-hydrogen) atoms. The second-order valence-electron chi connectivity index (χ2n) is 5.27. The van der Waals surface area contributed by atoms with Crippen molar-refractivity contribution in [2.24, 2.45) is 5.41 Å². The van der Waals surface area contributed by atoms with Crippen molar-refractivity contribution in [3.63, 3.8) is 0 Å². The second kappa shape index (κ2) is 5.42. The Kier molecular flexibility index (Phi) is 3.87. The van der Waals surface area contributed by atoms with E-state index < -0.39 is 11.4 Å². The fourth-order valence-electron chi connectivity index (χ4n) is 2.26. The molecule has 6 heteroatoms. The quantitative estimate of drug-likeness (QED) is 0.880. The maximum atomic E-state index is 12.0. The first-order chi connectivity index (χ1) is 9.01. The molecule has 0 spiro atoms. The Labute approximate surface area is 112 Å². The minimum atomic E-state index is -0.767. The molecule has 6 nitrogen and oxygen atoms in total. The van der Waals surface area contributed by atoms with Gasteiger partial charge in [-0.1, -0.05) is 0 Å². The van der Waals surface area contributed by atoms with E-state index in [0.29, 0.717) is 38.9 Å². The SMILES string of the molecule is CC1(C(=O)O)CCN(C(=O)CCn2cccn2)CC1. The van der Waals surface area contributed by atoms with Crippen molar-refractivity contribution in [1.29, 1.82) is 0 Å². The summed E-state index contributed by atoms with van der Waals surface area (Å²) in [5.74, 6) is -0.695. The molecule has 0 atom stereocenters. The highest BCUT2D eigenvalue weighted by atomic mass is 16.4. The average molecular weight is 265 g/mol. The Balaban J connectivity index is 1.81. The van der Waals surface area contributed by atoms with E-state index in [2.05, 4.69) is 5.10 Å². The third-order valence-corrected chi connectivity index (χ3v) is 3.85. The molecule has 104 valence electrons. The van der Waals surface area contributed by atoms with E-state index in [0.717, 1.165) is 0 Å². The Bertz CT molecular complexity index is 448. The number of likely N-dealkylation sites (tertiary alicyclic amines) is 1. The van der Waals surface area contributed by atoms with Crippen molar-refractivity contribution >= 4 is 11.9 Å². The lowest BCUT2D eigenvalue weighted by Gasteiger charge is -2.36. The van der Waals surface area contributed by atoms with Gasteiger partial charge in [0.25, 0.3) is 0 Å². The van der Waals surface area contributed by atoms with Crippen LogP contribution in [0.15, 0.2) is 18.5 Å². The van der Waals surface area contributed by atoms with Gasteiger partial charge in [-0.25, -0.2) is 0 Å². The number of rotatable bonds is 4. The number of hydrogen-bond acceptors (Lipinski definition) is 3. The van der Waals surface area contributed by atoms with Gasteiger partial charge in [0, 0.05) is 38.4 Å². The number of aryl methyl sites for hydroxylation is 1. The molecule has 1 amide bonds. The summed E-state index contributed by atoms with van der Waals surface area (Å²) < 4.78 is 1.73. The lowest BCUT2D eigenvalue weighted by molar-refractivity contribution is -0.153. The van der Waals surface area contributed by atoms with Gasteiger partial charge in [-0.2, -0.15) is 5.10 Å². The van der Waals surface area contributed by atoms with Gasteiger partial charge < -0.3 is 10.0 Å². The number of carboxylic acids is 1. The summed E-state index contributed by atoms with van der Waals surface area (Å²) in [5.41, 5.74) is -0.682. The highest BCUT2D eigenvalue weighted by Gasteiger charge is 2.37. The number of aromatic nitrogens is 2. The van der Waals surface area contributed by atoms with Crippen LogP contribution in [0.1, 0.15) is 26.2 Å². The number of carboxylic acid groups (broad SMARTS) is 1. The van der Waals surface area contributed by atoms with Crippen LogP contribution < -0.4 is 0 Å². The van der Waals surface area contributed by atoms with Gasteiger partial charge in [0.2, 0.25) is 5.91 Å². The molecular weight excluding hydrogens is 246 g/mol. The van der Waals surface area contributed by atoms with Gasteiger partial charge >= 0.3 is 5.97 Å². The second-order valence-corrected chi connectivity index (χ2v) is 5.27. The van der Waals surface area contributed by atoms with E-state index in [-0.39, 0.29) is 5.91 Å². The van der Waals surface area contributed by atoms with Crippen LogP contribution in [0.4, 0.5) is 0 Å². The summed E-state index contributed by atoms with van der Waals surface area (Å²) in [7, 11) is 0. The summed E-state index contributed by atoms with van der Waals surface area (Å²) in [6.45, 7) is 3.38. The molecule has 0 aromatic carbocycles. The van der Waals surface area contributed by atoms with Crippen LogP contribution in [0, 0.1) is 5.41 Å². The third kappa shape index (κ3) is 3.13. The topological polar surface area (TPSA) is 75.4 Å². The van der Waals surface area contributed by atoms with Gasteiger partial charge in [0.1, 0.15) is 0 Å². The van der Waals surface area contributed by atoms with Gasteiger partial charge in [-0.05, 0) is 25.8 Å². The summed E-state index contributed by atoms with van der Waals surface area (Å²) in [6.07, 6.45) is 4.96. The highest BCUT2D eigenvalue weighted by molar-refractivity contribution is 5.78. The van der Waals surface area contributed by atoms with E-state index >= 15 is 0 Å². The molecule has 1 aliphatic heterocycles. The molecule has 0 unspecified atom stereocenters. The number of aliphatic carboxylic acids is 1. The zero-order valence-electron chi connectivity index (χ0n) is 11.1. The first-order valence-corrected chi connectivity index (χ1v) is 6.50. The molecule has 1 N–H and O–H groups in total. The molecule has 2 heterocycles. The molecule has 1 aliphatic rings. The van der Waals surface area contributed by atoms with Crippen LogP contribution in [0.25, 0.3) is 0 Å². The predicted octanol–water partition coefficient (Wildman–Crippen LogP) is 0.986. The van der Waals surface area contributed by atoms with Crippen molar-refractivity contribution in [2.75, 3.05) is 13.1 Å². The fraction of sp³-hybridized carbons (Fsp3) is 0.615. The normalized spacial score (nSPS) is 18.3. The summed E-state index contributed by atoms with van der Waals surface area (Å²) >= 11 is 0. The lowest BCUT2D eigenvalue weighted by Crippen LogP contribution is -2.45. The number of carbonyl (C=O) groups is 2. The molecule has 0 bridgehead atoms. The largest absolute Gasteiger partial charge is 0.481 e. The van der Waals surface area contributed by atoms with Gasteiger partial charge in [0.05, 0.1) is 5.41 Å². The van der Waals surface area contributed by atoms with E-state index in [4.69, 9.17) is 5.11 Å². The number of amides is 1. The molecule has 2 rings (SSSR count). The van der Waals surface area contributed by atoms with Gasteiger partial charge in [-0.15, -0.1) is 0 Å². The van der Waals surface area contributed by atoms with Crippen molar-refractivity contribution < 1.29 is 14.7 Å². The molecule has 0 radical (unpaired) electrons. The zero-order chi connectivity index (χ0) is 13.9.